The highest BCUT2D eigenvalue weighted by Crippen LogP contribution is 2.32. The Hall–Kier alpha value is -3.23. The Morgan fingerprint density at radius 2 is 2.04 bits per heavy atom. The molecule has 2 N–H and O–H groups in total. The zero-order valence-corrected chi connectivity index (χ0v) is 14.1. The number of hydrogen-bond acceptors (Lipinski definition) is 4. The van der Waals surface area contributed by atoms with E-state index in [0.717, 1.165) is 12.1 Å². The minimum absolute atomic E-state index is 0.0694. The molecule has 9 heteroatoms. The van der Waals surface area contributed by atoms with Crippen LogP contribution in [0, 0.1) is 0 Å². The van der Waals surface area contributed by atoms with Crippen LogP contribution < -0.4 is 20.1 Å². The molecule has 142 valence electrons. The van der Waals surface area contributed by atoms with Gasteiger partial charge < -0.3 is 20.1 Å². The number of hydrogen-bond donors (Lipinski definition) is 2. The fraction of sp³-hybridized carbons (Fsp3) is 0.222. The first-order valence-corrected chi connectivity index (χ1v) is 7.94. The van der Waals surface area contributed by atoms with Gasteiger partial charge in [0.2, 0.25) is 0 Å². The molecule has 0 aromatic heterocycles. The largest absolute Gasteiger partial charge is 0.484 e. The number of benzene rings is 2. The number of alkyl halides is 3. The van der Waals surface area contributed by atoms with E-state index in [1.807, 2.05) is 0 Å². The predicted octanol–water partition coefficient (Wildman–Crippen LogP) is 3.44. The van der Waals surface area contributed by atoms with Crippen LogP contribution in [0.4, 0.5) is 24.5 Å². The van der Waals surface area contributed by atoms with Crippen LogP contribution in [0.2, 0.25) is 0 Å². The highest BCUT2D eigenvalue weighted by molar-refractivity contribution is 5.99. The van der Waals surface area contributed by atoms with E-state index in [9.17, 15) is 22.8 Å². The molecule has 0 bridgehead atoms. The number of rotatable bonds is 4. The third-order valence-electron chi connectivity index (χ3n) is 3.73. The standard InChI is InChI=1S/C18H15F3N2O4/c1-10-17(25)23-14-8-12(5-6-15(14)27-10)22-16(24)9-26-13-4-2-3-11(7-13)18(19,20)21/h2-8,10H,9H2,1H3,(H,22,24)(H,23,25). The summed E-state index contributed by atoms with van der Waals surface area (Å²) in [6, 6.07) is 8.94. The third-order valence-corrected chi connectivity index (χ3v) is 3.73. The summed E-state index contributed by atoms with van der Waals surface area (Å²) in [5.41, 5.74) is -0.0698. The van der Waals surface area contributed by atoms with Gasteiger partial charge >= 0.3 is 6.18 Å². The van der Waals surface area contributed by atoms with Crippen molar-refractivity contribution in [3.8, 4) is 11.5 Å². The van der Waals surface area contributed by atoms with E-state index < -0.39 is 30.4 Å². The van der Waals surface area contributed by atoms with Crippen LogP contribution in [0.5, 0.6) is 11.5 Å². The molecule has 1 unspecified atom stereocenters. The van der Waals surface area contributed by atoms with E-state index in [4.69, 9.17) is 9.47 Å². The molecular weight excluding hydrogens is 365 g/mol. The second-order valence-corrected chi connectivity index (χ2v) is 5.82. The van der Waals surface area contributed by atoms with Gasteiger partial charge in [0.25, 0.3) is 11.8 Å². The lowest BCUT2D eigenvalue weighted by molar-refractivity contribution is -0.137. The Morgan fingerprint density at radius 1 is 1.26 bits per heavy atom. The van der Waals surface area contributed by atoms with Crippen LogP contribution >= 0.6 is 0 Å². The first kappa shape index (κ1) is 18.6. The van der Waals surface area contributed by atoms with Gasteiger partial charge in [0.1, 0.15) is 11.5 Å². The highest BCUT2D eigenvalue weighted by Gasteiger charge is 2.30. The monoisotopic (exact) mass is 380 g/mol. The SMILES string of the molecule is CC1Oc2ccc(NC(=O)COc3cccc(C(F)(F)F)c3)cc2NC1=O. The first-order chi connectivity index (χ1) is 12.7. The molecule has 1 aliphatic heterocycles. The molecule has 1 aliphatic rings. The van der Waals surface area contributed by atoms with Crippen LogP contribution in [0.1, 0.15) is 12.5 Å². The smallest absolute Gasteiger partial charge is 0.416 e. The van der Waals surface area contributed by atoms with Gasteiger partial charge in [-0.05, 0) is 43.3 Å². The van der Waals surface area contributed by atoms with Crippen molar-refractivity contribution in [2.24, 2.45) is 0 Å². The minimum atomic E-state index is -4.49. The summed E-state index contributed by atoms with van der Waals surface area (Å²) in [4.78, 5) is 23.6. The van der Waals surface area contributed by atoms with Crippen LogP contribution in [0.3, 0.4) is 0 Å². The number of fused-ring (bicyclic) bond motifs is 1. The normalized spacial score (nSPS) is 16.0. The number of halogens is 3. The molecule has 1 atom stereocenters. The van der Waals surface area contributed by atoms with Crippen molar-refractivity contribution in [3.05, 3.63) is 48.0 Å². The highest BCUT2D eigenvalue weighted by atomic mass is 19.4. The quantitative estimate of drug-likeness (QED) is 0.852. The lowest BCUT2D eigenvalue weighted by Gasteiger charge is -2.23. The van der Waals surface area contributed by atoms with E-state index in [1.54, 1.807) is 19.1 Å². The number of anilines is 2. The lowest BCUT2D eigenvalue weighted by Crippen LogP contribution is -2.34. The van der Waals surface area contributed by atoms with Gasteiger partial charge in [-0.2, -0.15) is 13.2 Å². The van der Waals surface area contributed by atoms with Crippen molar-refractivity contribution in [3.63, 3.8) is 0 Å². The molecule has 0 fully saturated rings. The van der Waals surface area contributed by atoms with Gasteiger partial charge in [0.15, 0.2) is 12.7 Å². The van der Waals surface area contributed by atoms with Crippen LogP contribution in [0.25, 0.3) is 0 Å². The molecule has 0 saturated carbocycles. The molecule has 2 aromatic rings. The summed E-state index contributed by atoms with van der Waals surface area (Å²) in [5, 5.41) is 5.19. The Balaban J connectivity index is 1.60. The van der Waals surface area contributed by atoms with E-state index in [0.29, 0.717) is 17.1 Å². The van der Waals surface area contributed by atoms with Crippen molar-refractivity contribution in [1.29, 1.82) is 0 Å². The summed E-state index contributed by atoms with van der Waals surface area (Å²) < 4.78 is 48.5. The number of amides is 2. The predicted molar refractivity (Wildman–Crippen MR) is 90.7 cm³/mol. The summed E-state index contributed by atoms with van der Waals surface area (Å²) >= 11 is 0. The van der Waals surface area contributed by atoms with Gasteiger partial charge in [-0.15, -0.1) is 0 Å². The van der Waals surface area contributed by atoms with Crippen molar-refractivity contribution < 1.29 is 32.2 Å². The minimum Gasteiger partial charge on any atom is -0.484 e. The molecular formula is C18H15F3N2O4. The van der Waals surface area contributed by atoms with E-state index >= 15 is 0 Å². The molecule has 1 heterocycles. The lowest BCUT2D eigenvalue weighted by atomic mass is 10.2. The summed E-state index contributed by atoms with van der Waals surface area (Å²) in [7, 11) is 0. The van der Waals surface area contributed by atoms with Crippen molar-refractivity contribution in [2.45, 2.75) is 19.2 Å². The Kier molecular flexibility index (Phi) is 4.93. The molecule has 2 amide bonds. The molecule has 0 radical (unpaired) electrons. The summed E-state index contributed by atoms with van der Waals surface area (Å²) in [5.74, 6) is -0.469. The average molecular weight is 380 g/mol. The van der Waals surface area contributed by atoms with Crippen molar-refractivity contribution in [2.75, 3.05) is 17.2 Å². The maximum Gasteiger partial charge on any atom is 0.416 e. The van der Waals surface area contributed by atoms with Crippen molar-refractivity contribution in [1.82, 2.24) is 0 Å². The molecule has 2 aromatic carbocycles. The third kappa shape index (κ3) is 4.49. The topological polar surface area (TPSA) is 76.7 Å². The molecule has 3 rings (SSSR count). The fourth-order valence-corrected chi connectivity index (χ4v) is 2.39. The number of nitrogens with one attached hydrogen (secondary N) is 2. The van der Waals surface area contributed by atoms with Crippen LogP contribution in [-0.4, -0.2) is 24.5 Å². The summed E-state index contributed by atoms with van der Waals surface area (Å²) in [6.45, 7) is 1.14. The molecule has 27 heavy (non-hydrogen) atoms. The van der Waals surface area contributed by atoms with Crippen LogP contribution in [-0.2, 0) is 15.8 Å². The maximum atomic E-state index is 12.7. The Bertz CT molecular complexity index is 883. The number of ether oxygens (including phenoxy) is 2. The van der Waals surface area contributed by atoms with Gasteiger partial charge in [0.05, 0.1) is 11.3 Å². The molecule has 0 saturated heterocycles. The zero-order valence-electron chi connectivity index (χ0n) is 14.1. The van der Waals surface area contributed by atoms with Gasteiger partial charge in [0, 0.05) is 5.69 Å². The Labute approximate surface area is 152 Å². The number of carbonyl (C=O) groups is 2. The molecule has 0 aliphatic carbocycles. The molecule has 6 nitrogen and oxygen atoms in total. The van der Waals surface area contributed by atoms with E-state index in [2.05, 4.69) is 10.6 Å². The van der Waals surface area contributed by atoms with Gasteiger partial charge in [-0.3, -0.25) is 9.59 Å². The number of carbonyl (C=O) groups excluding carboxylic acids is 2. The zero-order chi connectivity index (χ0) is 19.6. The van der Waals surface area contributed by atoms with Crippen LogP contribution in [0.15, 0.2) is 42.5 Å². The average Bonchev–Trinajstić information content (AvgIpc) is 2.61. The fourth-order valence-electron chi connectivity index (χ4n) is 2.39. The second-order valence-electron chi connectivity index (χ2n) is 5.82. The second kappa shape index (κ2) is 7.18. The van der Waals surface area contributed by atoms with Gasteiger partial charge in [-0.25, -0.2) is 0 Å². The Morgan fingerprint density at radius 3 is 2.78 bits per heavy atom. The maximum absolute atomic E-state index is 12.7. The molecule has 0 spiro atoms. The summed E-state index contributed by atoms with van der Waals surface area (Å²) in [6.07, 6.45) is -5.10. The van der Waals surface area contributed by atoms with E-state index in [1.165, 1.54) is 18.2 Å². The van der Waals surface area contributed by atoms with Gasteiger partial charge in [-0.1, -0.05) is 6.07 Å². The van der Waals surface area contributed by atoms with Crippen molar-refractivity contribution >= 4 is 23.2 Å². The first-order valence-electron chi connectivity index (χ1n) is 7.94. The van der Waals surface area contributed by atoms with E-state index in [-0.39, 0.29) is 11.7 Å².